The number of fused-ring (bicyclic) bond motifs is 5. The number of allylic oxidation sites excluding steroid dienone is 1. The quantitative estimate of drug-likeness (QED) is 0.203. The summed E-state index contributed by atoms with van der Waals surface area (Å²) >= 11 is 0. The van der Waals surface area contributed by atoms with Crippen molar-refractivity contribution < 1.29 is 29.2 Å². The molecule has 46 heavy (non-hydrogen) atoms. The summed E-state index contributed by atoms with van der Waals surface area (Å²) in [5, 5.41) is 34.8. The van der Waals surface area contributed by atoms with Gasteiger partial charge in [-0.15, -0.1) is 0 Å². The smallest absolute Gasteiger partial charge is 0.335 e. The number of likely N-dealkylation sites (N-methyl/N-ethyl adjacent to an activating group) is 1. The Labute approximate surface area is 274 Å². The zero-order valence-electron chi connectivity index (χ0n) is 28.2. The number of ether oxygens (including phenoxy) is 2. The van der Waals surface area contributed by atoms with E-state index in [2.05, 4.69) is 31.7 Å². The first-order valence-electron chi connectivity index (χ1n) is 18.2. The molecule has 0 aromatic carbocycles. The topological polar surface area (TPSA) is 139 Å². The third kappa shape index (κ3) is 5.97. The third-order valence-corrected chi connectivity index (χ3v) is 13.4. The van der Waals surface area contributed by atoms with E-state index in [-0.39, 0.29) is 40.4 Å². The molecule has 4 fully saturated rings. The van der Waals surface area contributed by atoms with Crippen molar-refractivity contribution in [2.75, 3.05) is 26.2 Å². The number of nitrogens with zero attached hydrogens (tertiary/aromatic N) is 1. The molecule has 0 amide bonds. The SMILES string of the molecule is CCN(CCCCCCN)C1CO[C@H](OC2C=C3CC[C@@H]4[C@H](CCC5(C)[C@@H](c6ccc(=O)oc6)CCC45O)C3(C)CC2)C(O)[C@@H]1O. The van der Waals surface area contributed by atoms with Crippen LogP contribution in [0.5, 0.6) is 0 Å². The average Bonchev–Trinajstić information content (AvgIpc) is 3.33. The molecule has 2 heterocycles. The lowest BCUT2D eigenvalue weighted by Gasteiger charge is -2.62. The largest absolute Gasteiger partial charge is 0.431 e. The van der Waals surface area contributed by atoms with Crippen molar-refractivity contribution in [3.05, 3.63) is 46.0 Å². The second-order valence-electron chi connectivity index (χ2n) is 15.5. The van der Waals surface area contributed by atoms with Crippen LogP contribution in [0.4, 0.5) is 0 Å². The Morgan fingerprint density at radius 1 is 1.00 bits per heavy atom. The minimum absolute atomic E-state index is 0.000109. The van der Waals surface area contributed by atoms with Gasteiger partial charge in [-0.1, -0.05) is 45.3 Å². The highest BCUT2D eigenvalue weighted by Gasteiger charge is 2.66. The van der Waals surface area contributed by atoms with Crippen LogP contribution in [-0.4, -0.2) is 82.7 Å². The summed E-state index contributed by atoms with van der Waals surface area (Å²) in [6.07, 6.45) is 12.5. The average molecular weight is 643 g/mol. The summed E-state index contributed by atoms with van der Waals surface area (Å²) in [6.45, 7) is 9.45. The summed E-state index contributed by atoms with van der Waals surface area (Å²) in [5.41, 5.74) is 6.72. The van der Waals surface area contributed by atoms with Crippen molar-refractivity contribution in [1.82, 2.24) is 4.90 Å². The predicted molar refractivity (Wildman–Crippen MR) is 176 cm³/mol. The van der Waals surface area contributed by atoms with Gasteiger partial charge in [0.05, 0.1) is 30.6 Å². The number of aliphatic hydroxyl groups is 3. The highest BCUT2D eigenvalue weighted by Crippen LogP contribution is 2.70. The van der Waals surface area contributed by atoms with E-state index in [0.29, 0.717) is 12.5 Å². The molecular weight excluding hydrogens is 584 g/mol. The number of aliphatic hydroxyl groups excluding tert-OH is 2. The molecule has 4 aliphatic carbocycles. The molecule has 5 aliphatic rings. The molecule has 3 saturated carbocycles. The molecule has 5 N–H and O–H groups in total. The van der Waals surface area contributed by atoms with Crippen LogP contribution in [0.3, 0.4) is 0 Å². The summed E-state index contributed by atoms with van der Waals surface area (Å²) in [5.74, 6) is 0.803. The van der Waals surface area contributed by atoms with E-state index in [0.717, 1.165) is 102 Å². The number of hydrogen-bond donors (Lipinski definition) is 4. The molecule has 0 spiro atoms. The van der Waals surface area contributed by atoms with Crippen molar-refractivity contribution in [3.63, 3.8) is 0 Å². The third-order valence-electron chi connectivity index (χ3n) is 13.4. The van der Waals surface area contributed by atoms with E-state index in [4.69, 9.17) is 19.6 Å². The normalized spacial score (nSPS) is 42.3. The fraction of sp³-hybridized carbons (Fsp3) is 0.811. The maximum atomic E-state index is 12.5. The number of hydrogen-bond acceptors (Lipinski definition) is 9. The number of nitrogens with two attached hydrogens (primary N) is 1. The molecule has 258 valence electrons. The molecule has 9 heteroatoms. The Hall–Kier alpha value is -1.59. The van der Waals surface area contributed by atoms with E-state index < -0.39 is 24.1 Å². The summed E-state index contributed by atoms with van der Waals surface area (Å²) in [6, 6.07) is 3.14. The van der Waals surface area contributed by atoms with Gasteiger partial charge in [-0.2, -0.15) is 0 Å². The van der Waals surface area contributed by atoms with Crippen molar-refractivity contribution in [1.29, 1.82) is 0 Å². The van der Waals surface area contributed by atoms with Gasteiger partial charge in [-0.25, -0.2) is 4.79 Å². The van der Waals surface area contributed by atoms with Crippen molar-refractivity contribution in [2.45, 2.75) is 140 Å². The zero-order valence-corrected chi connectivity index (χ0v) is 28.2. The van der Waals surface area contributed by atoms with Crippen LogP contribution >= 0.6 is 0 Å². The fourth-order valence-corrected chi connectivity index (χ4v) is 10.6. The molecular formula is C37H58N2O7. The van der Waals surface area contributed by atoms with Gasteiger partial charge in [0.2, 0.25) is 0 Å². The van der Waals surface area contributed by atoms with Gasteiger partial charge < -0.3 is 34.9 Å². The van der Waals surface area contributed by atoms with Gasteiger partial charge >= 0.3 is 5.63 Å². The number of rotatable bonds is 11. The van der Waals surface area contributed by atoms with Crippen LogP contribution < -0.4 is 11.4 Å². The van der Waals surface area contributed by atoms with E-state index in [1.54, 1.807) is 6.26 Å². The monoisotopic (exact) mass is 642 g/mol. The molecule has 1 saturated heterocycles. The van der Waals surface area contributed by atoms with Crippen LogP contribution in [0.1, 0.15) is 109 Å². The minimum atomic E-state index is -1.11. The van der Waals surface area contributed by atoms with Crippen LogP contribution in [0.25, 0.3) is 0 Å². The fourth-order valence-electron chi connectivity index (χ4n) is 10.6. The standard InChI is InChI=1S/C37H58N2O7/c1-4-39(20-8-6-5-7-19-38)30-23-45-34(33(42)32(30)41)46-26-13-16-35(2)25(21-26)10-11-29-28(35)14-17-36(3)27(15-18-37(29,36)43)24-9-12-31(40)44-22-24/h9,12,21-22,26-30,32-34,41-43H,4-8,10-11,13-20,23,38H2,1-3H3/t26?,27-,28+,29-,30?,32-,33?,34-,35?,36?,37?/m1/s1. The Bertz CT molecular complexity index is 1270. The summed E-state index contributed by atoms with van der Waals surface area (Å²) in [7, 11) is 0. The molecule has 11 atom stereocenters. The highest BCUT2D eigenvalue weighted by atomic mass is 16.7. The predicted octanol–water partition coefficient (Wildman–Crippen LogP) is 4.47. The Balaban J connectivity index is 1.09. The Morgan fingerprint density at radius 2 is 1.80 bits per heavy atom. The van der Waals surface area contributed by atoms with E-state index >= 15 is 0 Å². The van der Waals surface area contributed by atoms with E-state index in [1.807, 2.05) is 6.07 Å². The maximum Gasteiger partial charge on any atom is 0.335 e. The second kappa shape index (κ2) is 13.7. The summed E-state index contributed by atoms with van der Waals surface area (Å²) in [4.78, 5) is 13.8. The molecule has 1 aliphatic heterocycles. The van der Waals surface area contributed by atoms with E-state index in [9.17, 15) is 20.1 Å². The van der Waals surface area contributed by atoms with Crippen LogP contribution in [0, 0.1) is 22.7 Å². The van der Waals surface area contributed by atoms with Crippen LogP contribution in [-0.2, 0) is 9.47 Å². The van der Waals surface area contributed by atoms with Gasteiger partial charge in [0.15, 0.2) is 6.29 Å². The van der Waals surface area contributed by atoms with Gasteiger partial charge in [0.25, 0.3) is 0 Å². The van der Waals surface area contributed by atoms with Crippen LogP contribution in [0.15, 0.2) is 39.3 Å². The zero-order chi connectivity index (χ0) is 32.7. The van der Waals surface area contributed by atoms with Gasteiger partial charge in [-0.3, -0.25) is 4.90 Å². The Morgan fingerprint density at radius 3 is 2.54 bits per heavy atom. The van der Waals surface area contributed by atoms with E-state index in [1.165, 1.54) is 11.6 Å². The minimum Gasteiger partial charge on any atom is -0.431 e. The van der Waals surface area contributed by atoms with Crippen molar-refractivity contribution in [3.8, 4) is 0 Å². The Kier molecular flexibility index (Phi) is 10.2. The highest BCUT2D eigenvalue weighted by molar-refractivity contribution is 5.31. The van der Waals surface area contributed by atoms with Crippen LogP contribution in [0.2, 0.25) is 0 Å². The van der Waals surface area contributed by atoms with Gasteiger partial charge in [0, 0.05) is 11.5 Å². The molecule has 6 rings (SSSR count). The molecule has 1 aromatic rings. The first kappa shape index (κ1) is 34.3. The lowest BCUT2D eigenvalue weighted by molar-refractivity contribution is -0.271. The van der Waals surface area contributed by atoms with Gasteiger partial charge in [0.1, 0.15) is 12.2 Å². The van der Waals surface area contributed by atoms with Gasteiger partial charge in [-0.05, 0) is 119 Å². The molecule has 9 nitrogen and oxygen atoms in total. The van der Waals surface area contributed by atoms with Crippen molar-refractivity contribution in [2.24, 2.45) is 28.4 Å². The first-order valence-corrected chi connectivity index (χ1v) is 18.2. The number of unbranched alkanes of at least 4 members (excludes halogenated alkanes) is 3. The first-order chi connectivity index (χ1) is 22.1. The molecule has 0 bridgehead atoms. The molecule has 1 aromatic heterocycles. The second-order valence-corrected chi connectivity index (χ2v) is 15.5. The molecule has 6 unspecified atom stereocenters. The maximum absolute atomic E-state index is 12.5. The summed E-state index contributed by atoms with van der Waals surface area (Å²) < 4.78 is 17.7. The lowest BCUT2D eigenvalue weighted by Crippen LogP contribution is -2.61. The lowest BCUT2D eigenvalue weighted by atomic mass is 9.45. The van der Waals surface area contributed by atoms with Crippen molar-refractivity contribution >= 4 is 0 Å². The molecule has 0 radical (unpaired) electrons.